The molecule has 0 bridgehead atoms. The highest BCUT2D eigenvalue weighted by Crippen LogP contribution is 2.37. The summed E-state index contributed by atoms with van der Waals surface area (Å²) >= 11 is 8.46. The third-order valence-electron chi connectivity index (χ3n) is 3.53. The van der Waals surface area contributed by atoms with Gasteiger partial charge in [0.2, 0.25) is 5.91 Å². The minimum Gasteiger partial charge on any atom is -0.324 e. The first-order valence-corrected chi connectivity index (χ1v) is 10.1. The Morgan fingerprint density at radius 2 is 1.52 bits per heavy atom. The minimum atomic E-state index is -0.334. The first-order chi connectivity index (χ1) is 12.1. The number of nitrogens with one attached hydrogen (secondary N) is 1. The number of hydrogen-bond donors (Lipinski definition) is 1. The Bertz CT molecular complexity index is 856. The van der Waals surface area contributed by atoms with Gasteiger partial charge in [0.1, 0.15) is 5.25 Å². The van der Waals surface area contributed by atoms with Crippen molar-refractivity contribution in [1.29, 1.82) is 0 Å². The molecule has 5 heteroatoms. The lowest BCUT2D eigenvalue weighted by molar-refractivity contribution is -0.115. The highest BCUT2D eigenvalue weighted by Gasteiger charge is 2.22. The number of rotatable bonds is 5. The largest absolute Gasteiger partial charge is 0.324 e. The summed E-state index contributed by atoms with van der Waals surface area (Å²) in [5.74, 6) is -0.0527. The Morgan fingerprint density at radius 1 is 0.880 bits per heavy atom. The molecule has 3 rings (SSSR count). The maximum Gasteiger partial charge on any atom is 0.242 e. The predicted molar refractivity (Wildman–Crippen MR) is 112 cm³/mol. The predicted octanol–water partition coefficient (Wildman–Crippen LogP) is 6.68. The van der Waals surface area contributed by atoms with Crippen molar-refractivity contribution in [3.63, 3.8) is 0 Å². The first kappa shape index (κ1) is 18.2. The third kappa shape index (κ3) is 4.97. The van der Waals surface area contributed by atoms with Gasteiger partial charge in [-0.25, -0.2) is 0 Å². The number of carbonyl (C=O) groups is 1. The van der Waals surface area contributed by atoms with Crippen LogP contribution < -0.4 is 5.32 Å². The van der Waals surface area contributed by atoms with E-state index in [9.17, 15) is 4.79 Å². The summed E-state index contributed by atoms with van der Waals surface area (Å²) in [5.41, 5.74) is 1.73. The van der Waals surface area contributed by atoms with Crippen LogP contribution >= 0.6 is 43.6 Å². The lowest BCUT2D eigenvalue weighted by Crippen LogP contribution is -2.19. The first-order valence-electron chi connectivity index (χ1n) is 7.66. The van der Waals surface area contributed by atoms with E-state index in [1.807, 2.05) is 78.9 Å². The van der Waals surface area contributed by atoms with Gasteiger partial charge >= 0.3 is 0 Å². The second-order valence-corrected chi connectivity index (χ2v) is 8.28. The van der Waals surface area contributed by atoms with Crippen LogP contribution in [-0.4, -0.2) is 5.91 Å². The van der Waals surface area contributed by atoms with Crippen molar-refractivity contribution >= 4 is 55.2 Å². The summed E-state index contributed by atoms with van der Waals surface area (Å²) in [6.07, 6.45) is 0. The summed E-state index contributed by atoms with van der Waals surface area (Å²) < 4.78 is 1.79. The molecule has 3 aromatic carbocycles. The third-order valence-corrected chi connectivity index (χ3v) is 5.94. The molecule has 1 unspecified atom stereocenters. The lowest BCUT2D eigenvalue weighted by atomic mass is 10.1. The second-order valence-electron chi connectivity index (χ2n) is 5.34. The average molecular weight is 477 g/mol. The standard InChI is InChI=1S/C20H15Br2NOS/c21-15-11-12-18(17(22)13-15)23-20(24)19(14-7-3-1-4-8-14)25-16-9-5-2-6-10-16/h1-13,19H,(H,23,24). The molecule has 0 radical (unpaired) electrons. The van der Waals surface area contributed by atoms with E-state index < -0.39 is 0 Å². The van der Waals surface area contributed by atoms with Gasteiger partial charge in [0.25, 0.3) is 0 Å². The normalized spacial score (nSPS) is 11.8. The molecular weight excluding hydrogens is 462 g/mol. The molecule has 0 fully saturated rings. The molecule has 0 spiro atoms. The lowest BCUT2D eigenvalue weighted by Gasteiger charge is -2.18. The Labute approximate surface area is 168 Å². The van der Waals surface area contributed by atoms with Crippen LogP contribution in [-0.2, 0) is 4.79 Å². The smallest absolute Gasteiger partial charge is 0.242 e. The fourth-order valence-electron chi connectivity index (χ4n) is 2.33. The second kappa shape index (κ2) is 8.70. The molecule has 1 amide bonds. The van der Waals surface area contributed by atoms with Crippen molar-refractivity contribution < 1.29 is 4.79 Å². The summed E-state index contributed by atoms with van der Waals surface area (Å²) in [5, 5.41) is 2.69. The molecule has 0 aliphatic carbocycles. The molecule has 0 aliphatic rings. The van der Waals surface area contributed by atoms with Gasteiger partial charge in [-0.05, 0) is 51.8 Å². The van der Waals surface area contributed by atoms with Gasteiger partial charge in [-0.3, -0.25) is 4.79 Å². The zero-order valence-electron chi connectivity index (χ0n) is 13.2. The fraction of sp³-hybridized carbons (Fsp3) is 0.0500. The van der Waals surface area contributed by atoms with Crippen LogP contribution in [0.15, 0.2) is 92.7 Å². The van der Waals surface area contributed by atoms with E-state index in [1.165, 1.54) is 0 Å². The molecule has 0 aliphatic heterocycles. The van der Waals surface area contributed by atoms with Crippen molar-refractivity contribution in [1.82, 2.24) is 0 Å². The molecule has 25 heavy (non-hydrogen) atoms. The van der Waals surface area contributed by atoms with Gasteiger partial charge in [-0.1, -0.05) is 64.5 Å². The van der Waals surface area contributed by atoms with Gasteiger partial charge in [0.15, 0.2) is 0 Å². The van der Waals surface area contributed by atoms with E-state index in [-0.39, 0.29) is 11.2 Å². The van der Waals surface area contributed by atoms with Crippen LogP contribution in [0, 0.1) is 0 Å². The van der Waals surface area contributed by atoms with E-state index in [0.29, 0.717) is 0 Å². The maximum absolute atomic E-state index is 13.0. The van der Waals surface area contributed by atoms with Crippen molar-refractivity contribution in [3.05, 3.63) is 93.4 Å². The fourth-order valence-corrected chi connectivity index (χ4v) is 4.52. The number of thioether (sulfide) groups is 1. The van der Waals surface area contributed by atoms with Crippen LogP contribution in [0.4, 0.5) is 5.69 Å². The van der Waals surface area contributed by atoms with Gasteiger partial charge in [0.05, 0.1) is 5.69 Å². The number of benzene rings is 3. The zero-order valence-corrected chi connectivity index (χ0v) is 17.1. The highest BCUT2D eigenvalue weighted by atomic mass is 79.9. The Kier molecular flexibility index (Phi) is 6.34. The SMILES string of the molecule is O=C(Nc1ccc(Br)cc1Br)C(Sc1ccccc1)c1ccccc1. The van der Waals surface area contributed by atoms with Gasteiger partial charge < -0.3 is 5.32 Å². The summed E-state index contributed by atoms with van der Waals surface area (Å²) in [6, 6.07) is 25.5. The van der Waals surface area contributed by atoms with E-state index >= 15 is 0 Å². The van der Waals surface area contributed by atoms with Crippen LogP contribution in [0.25, 0.3) is 0 Å². The van der Waals surface area contributed by atoms with Crippen molar-refractivity contribution in [3.8, 4) is 0 Å². The van der Waals surface area contributed by atoms with Crippen LogP contribution in [0.5, 0.6) is 0 Å². The van der Waals surface area contributed by atoms with Crippen molar-refractivity contribution in [2.45, 2.75) is 10.1 Å². The van der Waals surface area contributed by atoms with Crippen LogP contribution in [0.1, 0.15) is 10.8 Å². The molecule has 126 valence electrons. The number of amides is 1. The van der Waals surface area contributed by atoms with Crippen LogP contribution in [0.2, 0.25) is 0 Å². The van der Waals surface area contributed by atoms with Crippen molar-refractivity contribution in [2.24, 2.45) is 0 Å². The van der Waals surface area contributed by atoms with E-state index in [2.05, 4.69) is 37.2 Å². The molecule has 3 aromatic rings. The highest BCUT2D eigenvalue weighted by molar-refractivity contribution is 9.11. The molecule has 1 atom stereocenters. The number of halogens is 2. The number of carbonyl (C=O) groups excluding carboxylic acids is 1. The summed E-state index contributed by atoms with van der Waals surface area (Å²) in [7, 11) is 0. The molecule has 2 nitrogen and oxygen atoms in total. The molecule has 0 saturated carbocycles. The summed E-state index contributed by atoms with van der Waals surface area (Å²) in [4.78, 5) is 14.0. The molecule has 0 heterocycles. The number of hydrogen-bond acceptors (Lipinski definition) is 2. The van der Waals surface area contributed by atoms with E-state index in [1.54, 1.807) is 11.8 Å². The molecule has 0 aromatic heterocycles. The quantitative estimate of drug-likeness (QED) is 0.416. The topological polar surface area (TPSA) is 29.1 Å². The van der Waals surface area contributed by atoms with Gasteiger partial charge in [-0.15, -0.1) is 11.8 Å². The maximum atomic E-state index is 13.0. The summed E-state index contributed by atoms with van der Waals surface area (Å²) in [6.45, 7) is 0. The van der Waals surface area contributed by atoms with Crippen LogP contribution in [0.3, 0.4) is 0 Å². The minimum absolute atomic E-state index is 0.0527. The Hall–Kier alpha value is -1.56. The van der Waals surface area contributed by atoms with Crippen molar-refractivity contribution in [2.75, 3.05) is 5.32 Å². The van der Waals surface area contributed by atoms with E-state index in [0.717, 1.165) is 25.1 Å². The monoisotopic (exact) mass is 475 g/mol. The number of anilines is 1. The molecule has 0 saturated heterocycles. The Morgan fingerprint density at radius 3 is 2.16 bits per heavy atom. The van der Waals surface area contributed by atoms with Gasteiger partial charge in [-0.2, -0.15) is 0 Å². The van der Waals surface area contributed by atoms with E-state index in [4.69, 9.17) is 0 Å². The van der Waals surface area contributed by atoms with Gasteiger partial charge in [0, 0.05) is 13.8 Å². The Balaban J connectivity index is 1.87. The zero-order chi connectivity index (χ0) is 17.6. The molecule has 1 N–H and O–H groups in total. The average Bonchev–Trinajstić information content (AvgIpc) is 2.63. The molecular formula is C20H15Br2NOS.